The molecule has 13 heteroatoms. The topological polar surface area (TPSA) is 144 Å². The fourth-order valence-electron chi connectivity index (χ4n) is 8.69. The van der Waals surface area contributed by atoms with E-state index in [1.807, 2.05) is 50.2 Å². The number of nitrogens with zero attached hydrogens (tertiary/aromatic N) is 1. The zero-order chi connectivity index (χ0) is 36.3. The number of aromatic nitrogens is 1. The van der Waals surface area contributed by atoms with Gasteiger partial charge < -0.3 is 24.5 Å². The lowest BCUT2D eigenvalue weighted by Crippen LogP contribution is -2.42. The van der Waals surface area contributed by atoms with E-state index in [4.69, 9.17) is 14.2 Å². The zero-order valence-corrected chi connectivity index (χ0v) is 30.4. The van der Waals surface area contributed by atoms with E-state index >= 15 is 0 Å². The van der Waals surface area contributed by atoms with Crippen LogP contribution in [-0.2, 0) is 19.1 Å². The van der Waals surface area contributed by atoms with Gasteiger partial charge in [0.1, 0.15) is 0 Å². The van der Waals surface area contributed by atoms with Crippen LogP contribution >= 0.6 is 23.1 Å². The summed E-state index contributed by atoms with van der Waals surface area (Å²) in [7, 11) is 0. The molecule has 3 amide bonds. The minimum atomic E-state index is -0.482. The van der Waals surface area contributed by atoms with Gasteiger partial charge >= 0.3 is 10.8 Å². The molecule has 0 unspecified atom stereocenters. The molecule has 7 atom stereocenters. The Morgan fingerprint density at radius 1 is 0.885 bits per heavy atom. The fraction of sp³-hybridized carbons (Fsp3) is 0.359. The van der Waals surface area contributed by atoms with Gasteiger partial charge in [0.05, 0.1) is 41.3 Å². The van der Waals surface area contributed by atoms with Gasteiger partial charge in [0.15, 0.2) is 18.1 Å². The highest BCUT2D eigenvalue weighted by molar-refractivity contribution is 8.00. The normalized spacial score (nSPS) is 25.4. The molecule has 3 heterocycles. The molecule has 3 fully saturated rings. The van der Waals surface area contributed by atoms with Gasteiger partial charge in [0.25, 0.3) is 5.91 Å². The molecule has 2 saturated carbocycles. The molecule has 8 rings (SSSR count). The number of carbonyl (C=O) groups is 4. The van der Waals surface area contributed by atoms with Crippen LogP contribution in [0.15, 0.2) is 76.6 Å². The third-order valence-corrected chi connectivity index (χ3v) is 13.3. The van der Waals surface area contributed by atoms with Gasteiger partial charge in [-0.1, -0.05) is 35.1 Å². The highest BCUT2D eigenvalue weighted by Crippen LogP contribution is 2.68. The first-order valence-corrected chi connectivity index (χ1v) is 19.2. The molecule has 4 aromatic rings. The third kappa shape index (κ3) is 5.79. The zero-order valence-electron chi connectivity index (χ0n) is 28.8. The van der Waals surface area contributed by atoms with Crippen LogP contribution in [0.3, 0.4) is 0 Å². The third-order valence-electron chi connectivity index (χ3n) is 10.7. The van der Waals surface area contributed by atoms with Crippen LogP contribution in [0, 0.1) is 36.5 Å². The number of hydrogen-bond acceptors (Lipinski definition) is 10. The van der Waals surface area contributed by atoms with Crippen LogP contribution in [0.4, 0.5) is 11.4 Å². The van der Waals surface area contributed by atoms with Gasteiger partial charge in [0.2, 0.25) is 11.8 Å². The molecular weight excluding hydrogens is 703 g/mol. The summed E-state index contributed by atoms with van der Waals surface area (Å²) in [6.07, 6.45) is 0.746. The average molecular weight is 740 g/mol. The Labute approximate surface area is 308 Å². The van der Waals surface area contributed by atoms with E-state index in [-0.39, 0.29) is 64.7 Å². The summed E-state index contributed by atoms with van der Waals surface area (Å²) in [4.78, 5) is 71.1. The molecule has 2 N–H and O–H groups in total. The molecule has 268 valence electrons. The molecule has 0 spiro atoms. The quantitative estimate of drug-likeness (QED) is 0.148. The van der Waals surface area contributed by atoms with E-state index < -0.39 is 17.8 Å². The summed E-state index contributed by atoms with van der Waals surface area (Å²) in [5.41, 5.74) is 3.48. The van der Waals surface area contributed by atoms with Gasteiger partial charge in [0, 0.05) is 21.7 Å². The van der Waals surface area contributed by atoms with E-state index in [1.54, 1.807) is 49.0 Å². The second-order valence-electron chi connectivity index (χ2n) is 13.6. The molecular formula is C39H37N3O8S2. The predicted octanol–water partition coefficient (Wildman–Crippen LogP) is 6.02. The van der Waals surface area contributed by atoms with Crippen LogP contribution in [-0.4, -0.2) is 53.7 Å². The number of H-pyrrole nitrogens is 1. The number of esters is 1. The Hall–Kier alpha value is -4.88. The molecule has 4 aliphatic rings. The van der Waals surface area contributed by atoms with Crippen molar-refractivity contribution in [3.05, 3.63) is 98.0 Å². The van der Waals surface area contributed by atoms with Crippen molar-refractivity contribution in [1.82, 2.24) is 4.98 Å². The Morgan fingerprint density at radius 3 is 2.33 bits per heavy atom. The van der Waals surface area contributed by atoms with Crippen molar-refractivity contribution in [2.75, 3.05) is 30.0 Å². The lowest BCUT2D eigenvalue weighted by molar-refractivity contribution is -0.123. The first kappa shape index (κ1) is 34.2. The number of carbonyl (C=O) groups excluding carboxylic acids is 4. The molecule has 2 aliphatic carbocycles. The van der Waals surface area contributed by atoms with E-state index in [1.165, 1.54) is 16.2 Å². The number of thiazole rings is 1. The summed E-state index contributed by atoms with van der Waals surface area (Å²) >= 11 is 2.80. The van der Waals surface area contributed by atoms with Crippen molar-refractivity contribution in [2.24, 2.45) is 29.6 Å². The smallest absolute Gasteiger partial charge is 0.338 e. The lowest BCUT2D eigenvalue weighted by atomic mass is 9.68. The summed E-state index contributed by atoms with van der Waals surface area (Å²) in [6, 6.07) is 19.6. The fourth-order valence-corrected chi connectivity index (χ4v) is 11.6. The van der Waals surface area contributed by atoms with Crippen molar-refractivity contribution < 1.29 is 33.4 Å². The van der Waals surface area contributed by atoms with Crippen molar-refractivity contribution in [2.45, 2.75) is 43.4 Å². The molecule has 3 aromatic carbocycles. The van der Waals surface area contributed by atoms with Gasteiger partial charge in [-0.25, -0.2) is 4.79 Å². The number of aromatic amines is 1. The average Bonchev–Trinajstić information content (AvgIpc) is 3.87. The van der Waals surface area contributed by atoms with Gasteiger partial charge in [-0.05, 0) is 99.0 Å². The number of fused-ring (bicyclic) bond motifs is 9. The number of rotatable bonds is 10. The standard InChI is InChI=1S/C39H37N3O8S2/c1-4-48-27-16-21(10-15-26(27)50-18-28(43)40-22-11-6-19(3)7-12-22)29-30-24-17-25(33(30)51-35-34(29)52-39(47)41-35)32-31(24)36(44)42(37(32)45)23-13-8-20(9-14-23)38(46)49-5-2/h6-16,24-25,29-33H,4-5,17-18H2,1-3H3,(H,40,43)(H,41,47)/t24-,25-,29+,30-,31+,32+,33-/m1/s1. The summed E-state index contributed by atoms with van der Waals surface area (Å²) < 4.78 is 17.1. The number of hydrogen-bond donors (Lipinski definition) is 2. The second kappa shape index (κ2) is 13.6. The Bertz CT molecular complexity index is 2130. The predicted molar refractivity (Wildman–Crippen MR) is 196 cm³/mol. The van der Waals surface area contributed by atoms with Crippen LogP contribution < -0.4 is 24.6 Å². The lowest BCUT2D eigenvalue weighted by Gasteiger charge is -2.43. The minimum absolute atomic E-state index is 0.00818. The monoisotopic (exact) mass is 739 g/mol. The number of imide groups is 1. The van der Waals surface area contributed by atoms with Gasteiger partial charge in [-0.3, -0.25) is 24.1 Å². The number of nitrogens with one attached hydrogen (secondary N) is 2. The van der Waals surface area contributed by atoms with Crippen molar-refractivity contribution in [3.63, 3.8) is 0 Å². The van der Waals surface area contributed by atoms with Crippen LogP contribution in [0.2, 0.25) is 0 Å². The highest BCUT2D eigenvalue weighted by atomic mass is 32.2. The van der Waals surface area contributed by atoms with Gasteiger partial charge in [-0.15, -0.1) is 11.8 Å². The number of anilines is 2. The van der Waals surface area contributed by atoms with E-state index in [0.717, 1.165) is 27.5 Å². The number of benzene rings is 3. The second-order valence-corrected chi connectivity index (χ2v) is 15.8. The maximum atomic E-state index is 14.2. The number of aryl methyl sites for hydroxylation is 1. The van der Waals surface area contributed by atoms with Crippen molar-refractivity contribution >= 4 is 58.2 Å². The molecule has 1 saturated heterocycles. The van der Waals surface area contributed by atoms with Crippen molar-refractivity contribution in [3.8, 4) is 11.5 Å². The maximum absolute atomic E-state index is 14.2. The van der Waals surface area contributed by atoms with Crippen molar-refractivity contribution in [1.29, 1.82) is 0 Å². The van der Waals surface area contributed by atoms with Gasteiger partial charge in [-0.2, -0.15) is 0 Å². The SMILES string of the molecule is CCOC(=O)c1ccc(N2C(=O)[C@H]3[C@H]4C[C@@H]([C@@H]3C2=O)[C@@H]2[C@H](c3ccc(OCC(=O)Nc5ccc(C)cc5)c(OCC)c3)c3sc(=O)[nH]c3S[C@H]42)cc1. The highest BCUT2D eigenvalue weighted by Gasteiger charge is 2.69. The molecule has 52 heavy (non-hydrogen) atoms. The maximum Gasteiger partial charge on any atom is 0.338 e. The van der Waals surface area contributed by atoms with E-state index in [0.29, 0.717) is 35.0 Å². The molecule has 0 radical (unpaired) electrons. The number of thioether (sulfide) groups is 1. The summed E-state index contributed by atoms with van der Waals surface area (Å²) in [5.74, 6) is -1.60. The van der Waals surface area contributed by atoms with E-state index in [2.05, 4.69) is 10.3 Å². The van der Waals surface area contributed by atoms with Crippen LogP contribution in [0.5, 0.6) is 11.5 Å². The first-order chi connectivity index (χ1) is 25.2. The largest absolute Gasteiger partial charge is 0.490 e. The summed E-state index contributed by atoms with van der Waals surface area (Å²) in [5, 5.41) is 3.66. The Morgan fingerprint density at radius 2 is 1.62 bits per heavy atom. The number of amides is 3. The van der Waals surface area contributed by atoms with Crippen LogP contribution in [0.25, 0.3) is 0 Å². The Balaban J connectivity index is 1.08. The number of ether oxygens (including phenoxy) is 3. The molecule has 1 aromatic heterocycles. The molecule has 2 aliphatic heterocycles. The first-order valence-electron chi connectivity index (χ1n) is 17.5. The minimum Gasteiger partial charge on any atom is -0.490 e. The summed E-state index contributed by atoms with van der Waals surface area (Å²) in [6.45, 7) is 5.98. The Kier molecular flexibility index (Phi) is 8.94. The molecule has 11 nitrogen and oxygen atoms in total. The van der Waals surface area contributed by atoms with E-state index in [9.17, 15) is 24.0 Å². The molecule has 2 bridgehead atoms. The van der Waals surface area contributed by atoms with Crippen LogP contribution in [0.1, 0.15) is 52.5 Å².